The highest BCUT2D eigenvalue weighted by Gasteiger charge is 2.38. The molecular formula is C12H14N4O3S2. The lowest BCUT2D eigenvalue weighted by Crippen LogP contribution is -2.20. The van der Waals surface area contributed by atoms with E-state index in [1.165, 1.54) is 11.8 Å². The predicted octanol–water partition coefficient (Wildman–Crippen LogP) is 0.221. The Morgan fingerprint density at radius 1 is 1.33 bits per heavy atom. The lowest BCUT2D eigenvalue weighted by molar-refractivity contribution is 0.207. The van der Waals surface area contributed by atoms with Crippen LogP contribution in [0.5, 0.6) is 0 Å². The van der Waals surface area contributed by atoms with Crippen molar-refractivity contribution in [3.8, 4) is 5.69 Å². The molecule has 2 atom stereocenters. The summed E-state index contributed by atoms with van der Waals surface area (Å²) in [5.74, 6) is -0.254. The number of hydrogen-bond acceptors (Lipinski definition) is 7. The molecule has 1 fully saturated rings. The number of hydrogen-bond donors (Lipinski definition) is 1. The van der Waals surface area contributed by atoms with E-state index in [1.807, 2.05) is 31.2 Å². The van der Waals surface area contributed by atoms with E-state index in [0.717, 1.165) is 11.3 Å². The van der Waals surface area contributed by atoms with E-state index in [9.17, 15) is 13.5 Å². The molecule has 9 heteroatoms. The highest BCUT2D eigenvalue weighted by atomic mass is 32.2. The molecule has 7 nitrogen and oxygen atoms in total. The average molecular weight is 326 g/mol. The van der Waals surface area contributed by atoms with Crippen LogP contribution in [0.25, 0.3) is 5.69 Å². The number of benzene rings is 1. The van der Waals surface area contributed by atoms with Crippen molar-refractivity contribution in [2.75, 3.05) is 11.5 Å². The number of rotatable bonds is 3. The number of aliphatic hydroxyl groups excluding tert-OH is 1. The maximum absolute atomic E-state index is 11.6. The Hall–Kier alpha value is -1.45. The van der Waals surface area contributed by atoms with Gasteiger partial charge in [0, 0.05) is 0 Å². The molecule has 1 aliphatic heterocycles. The highest BCUT2D eigenvalue weighted by Crippen LogP contribution is 2.31. The molecule has 1 aromatic carbocycles. The van der Waals surface area contributed by atoms with Crippen LogP contribution in [-0.2, 0) is 9.84 Å². The second-order valence-corrected chi connectivity index (χ2v) is 8.32. The zero-order valence-electron chi connectivity index (χ0n) is 11.2. The fraction of sp³-hybridized carbons (Fsp3) is 0.417. The number of aryl methyl sites for hydroxylation is 1. The standard InChI is InChI=1S/C12H14N4O3S2/c1-8-4-2-3-5-9(8)16-12(13-14-15-16)20-11-7-21(18,19)6-10(11)17/h2-5,10-11,17H,6-7H2,1H3/t10-,11+/m0/s1. The number of aliphatic hydroxyl groups is 1. The van der Waals surface area contributed by atoms with Crippen LogP contribution in [0.4, 0.5) is 0 Å². The molecule has 0 radical (unpaired) electrons. The van der Waals surface area contributed by atoms with Crippen LogP contribution in [0, 0.1) is 6.92 Å². The molecule has 1 aliphatic rings. The quantitative estimate of drug-likeness (QED) is 0.861. The minimum atomic E-state index is -3.18. The summed E-state index contributed by atoms with van der Waals surface area (Å²) < 4.78 is 24.7. The summed E-state index contributed by atoms with van der Waals surface area (Å²) in [5.41, 5.74) is 1.84. The van der Waals surface area contributed by atoms with Crippen molar-refractivity contribution in [1.82, 2.24) is 20.2 Å². The number of aromatic nitrogens is 4. The minimum Gasteiger partial charge on any atom is -0.391 e. The molecule has 2 aromatic rings. The predicted molar refractivity (Wildman–Crippen MR) is 78.2 cm³/mol. The van der Waals surface area contributed by atoms with Gasteiger partial charge in [0.2, 0.25) is 5.16 Å². The molecule has 0 saturated carbocycles. The fourth-order valence-corrected chi connectivity index (χ4v) is 5.72. The van der Waals surface area contributed by atoms with E-state index in [1.54, 1.807) is 4.68 Å². The smallest absolute Gasteiger partial charge is 0.214 e. The Morgan fingerprint density at radius 2 is 2.10 bits per heavy atom. The molecule has 0 unspecified atom stereocenters. The molecule has 0 aliphatic carbocycles. The van der Waals surface area contributed by atoms with E-state index in [4.69, 9.17) is 0 Å². The first kappa shape index (κ1) is 14.5. The topological polar surface area (TPSA) is 98.0 Å². The van der Waals surface area contributed by atoms with E-state index in [0.29, 0.717) is 5.16 Å². The van der Waals surface area contributed by atoms with Crippen molar-refractivity contribution in [3.05, 3.63) is 29.8 Å². The average Bonchev–Trinajstić information content (AvgIpc) is 2.95. The number of para-hydroxylation sites is 1. The van der Waals surface area contributed by atoms with E-state index in [2.05, 4.69) is 15.5 Å². The summed E-state index contributed by atoms with van der Waals surface area (Å²) in [4.78, 5) is 0. The van der Waals surface area contributed by atoms with Crippen molar-refractivity contribution in [2.45, 2.75) is 23.4 Å². The molecule has 2 heterocycles. The monoisotopic (exact) mass is 326 g/mol. The van der Waals surface area contributed by atoms with Crippen LogP contribution < -0.4 is 0 Å². The molecule has 21 heavy (non-hydrogen) atoms. The fourth-order valence-electron chi connectivity index (χ4n) is 2.25. The number of tetrazole rings is 1. The lowest BCUT2D eigenvalue weighted by atomic mass is 10.2. The Morgan fingerprint density at radius 3 is 2.76 bits per heavy atom. The van der Waals surface area contributed by atoms with Crippen molar-refractivity contribution in [3.63, 3.8) is 0 Å². The Labute approximate surface area is 126 Å². The zero-order chi connectivity index (χ0) is 15.0. The number of sulfone groups is 1. The maximum atomic E-state index is 11.6. The maximum Gasteiger partial charge on any atom is 0.214 e. The summed E-state index contributed by atoms with van der Waals surface area (Å²) in [6.45, 7) is 1.94. The summed E-state index contributed by atoms with van der Waals surface area (Å²) in [6, 6.07) is 7.63. The van der Waals surface area contributed by atoms with Gasteiger partial charge in [0.05, 0.1) is 28.5 Å². The Kier molecular flexibility index (Phi) is 3.72. The van der Waals surface area contributed by atoms with Crippen LogP contribution in [0.1, 0.15) is 5.56 Å². The van der Waals surface area contributed by atoms with E-state index >= 15 is 0 Å². The van der Waals surface area contributed by atoms with Gasteiger partial charge in [0.1, 0.15) is 0 Å². The SMILES string of the molecule is Cc1ccccc1-n1nnnc1S[C@@H]1CS(=O)(=O)C[C@@H]1O. The van der Waals surface area contributed by atoms with Gasteiger partial charge in [-0.2, -0.15) is 4.68 Å². The molecule has 0 spiro atoms. The third-order valence-electron chi connectivity index (χ3n) is 3.31. The summed E-state index contributed by atoms with van der Waals surface area (Å²) in [6.07, 6.45) is -0.887. The Balaban J connectivity index is 1.89. The van der Waals surface area contributed by atoms with E-state index < -0.39 is 21.2 Å². The minimum absolute atomic E-state index is 0.0561. The zero-order valence-corrected chi connectivity index (χ0v) is 12.9. The van der Waals surface area contributed by atoms with Gasteiger partial charge in [-0.05, 0) is 29.0 Å². The van der Waals surface area contributed by atoms with Gasteiger partial charge in [0.15, 0.2) is 9.84 Å². The third-order valence-corrected chi connectivity index (χ3v) is 6.49. The molecule has 1 N–H and O–H groups in total. The highest BCUT2D eigenvalue weighted by molar-refractivity contribution is 8.01. The molecule has 1 saturated heterocycles. The second-order valence-electron chi connectivity index (χ2n) is 4.96. The van der Waals surface area contributed by atoms with Gasteiger partial charge in [-0.15, -0.1) is 5.10 Å². The lowest BCUT2D eigenvalue weighted by Gasteiger charge is -2.12. The van der Waals surface area contributed by atoms with Crippen LogP contribution in [0.2, 0.25) is 0 Å². The van der Waals surface area contributed by atoms with E-state index in [-0.39, 0.29) is 11.5 Å². The molecule has 0 bridgehead atoms. The molecular weight excluding hydrogens is 312 g/mol. The van der Waals surface area contributed by atoms with Gasteiger partial charge in [0.25, 0.3) is 0 Å². The van der Waals surface area contributed by atoms with Gasteiger partial charge in [-0.3, -0.25) is 0 Å². The molecule has 112 valence electrons. The second kappa shape index (κ2) is 5.39. The Bertz CT molecular complexity index is 759. The first-order valence-electron chi connectivity index (χ1n) is 6.36. The van der Waals surface area contributed by atoms with Crippen molar-refractivity contribution >= 4 is 21.6 Å². The molecule has 1 aromatic heterocycles. The van der Waals surface area contributed by atoms with Crippen LogP contribution in [0.3, 0.4) is 0 Å². The molecule has 0 amide bonds. The van der Waals surface area contributed by atoms with Gasteiger partial charge < -0.3 is 5.11 Å². The van der Waals surface area contributed by atoms with Crippen molar-refractivity contribution in [2.24, 2.45) is 0 Å². The van der Waals surface area contributed by atoms with Crippen LogP contribution in [0.15, 0.2) is 29.4 Å². The third kappa shape index (κ3) is 2.94. The number of thioether (sulfide) groups is 1. The summed E-state index contributed by atoms with van der Waals surface area (Å²) >= 11 is 1.20. The normalized spacial score (nSPS) is 24.3. The van der Waals surface area contributed by atoms with Crippen LogP contribution >= 0.6 is 11.8 Å². The first-order valence-corrected chi connectivity index (χ1v) is 9.06. The number of nitrogens with zero attached hydrogens (tertiary/aromatic N) is 4. The summed E-state index contributed by atoms with van der Waals surface area (Å²) in [5, 5.41) is 21.4. The largest absolute Gasteiger partial charge is 0.391 e. The van der Waals surface area contributed by atoms with Gasteiger partial charge in [-0.25, -0.2) is 8.42 Å². The van der Waals surface area contributed by atoms with Crippen molar-refractivity contribution in [1.29, 1.82) is 0 Å². The van der Waals surface area contributed by atoms with Crippen molar-refractivity contribution < 1.29 is 13.5 Å². The summed E-state index contributed by atoms with van der Waals surface area (Å²) in [7, 11) is -3.18. The van der Waals surface area contributed by atoms with Gasteiger partial charge >= 0.3 is 0 Å². The van der Waals surface area contributed by atoms with Gasteiger partial charge in [-0.1, -0.05) is 30.0 Å². The molecule has 3 rings (SSSR count). The van der Waals surface area contributed by atoms with Crippen LogP contribution in [-0.4, -0.2) is 56.6 Å². The first-order chi connectivity index (χ1) is 9.96.